The topological polar surface area (TPSA) is 104 Å². The highest BCUT2D eigenvalue weighted by atomic mass is 32.1. The van der Waals surface area contributed by atoms with Gasteiger partial charge in [0.15, 0.2) is 23.5 Å². The lowest BCUT2D eigenvalue weighted by Gasteiger charge is -2.63. The summed E-state index contributed by atoms with van der Waals surface area (Å²) in [7, 11) is 0. The number of carbonyl (C=O) groups excluding carboxylic acids is 2. The quantitative estimate of drug-likeness (QED) is 0.508. The molecule has 3 N–H and O–H groups in total. The fraction of sp³-hybridized carbons (Fsp3) is 0.615. The number of hydrogen-bond acceptors (Lipinski definition) is 7. The Bertz CT molecular complexity index is 1170. The van der Waals surface area contributed by atoms with Crippen LogP contribution in [-0.4, -0.2) is 57.0 Å². The number of alkyl halides is 2. The summed E-state index contributed by atoms with van der Waals surface area (Å²) in [4.78, 5) is 25.1. The van der Waals surface area contributed by atoms with Gasteiger partial charge >= 0.3 is 0 Å². The van der Waals surface area contributed by atoms with Crippen molar-refractivity contribution in [3.63, 3.8) is 0 Å². The smallest absolute Gasteiger partial charge is 0.194 e. The second-order valence-electron chi connectivity index (χ2n) is 10.9. The molecular weight excluding hydrogens is 497 g/mol. The van der Waals surface area contributed by atoms with Crippen LogP contribution in [0.1, 0.15) is 50.7 Å². The summed E-state index contributed by atoms with van der Waals surface area (Å²) in [6.45, 7) is 2.16. The highest BCUT2D eigenvalue weighted by Gasteiger charge is 2.76. The highest BCUT2D eigenvalue weighted by Crippen LogP contribution is 2.71. The number of hydrogen-bond donors (Lipinski definition) is 3. The predicted octanol–water partition coefficient (Wildman–Crippen LogP) is 3.51. The highest BCUT2D eigenvalue weighted by molar-refractivity contribution is 7.10. The summed E-state index contributed by atoms with van der Waals surface area (Å²) < 4.78 is 52.8. The van der Waals surface area contributed by atoms with Crippen LogP contribution in [0.15, 0.2) is 35.2 Å². The van der Waals surface area contributed by atoms with E-state index in [2.05, 4.69) is 0 Å². The van der Waals surface area contributed by atoms with Crippen molar-refractivity contribution in [2.75, 3.05) is 6.61 Å². The standard InChI is InChI=1S/C26H29F3O6S/c1-23-6-3-13(31)9-16(23)18(28)10-15-14-4-7-25(20(33)12-30,24(14,2)11-19(32)26(15,23)29)35-22(34)21-17(27)5-8-36-21/h3,5-6,8-9,14-15,18-19,22,30,32,34H,4,7,10-12H2,1-2H3/t14?,15?,18-,19?,22?,23?,24?,25?,26-/m0/s1. The molecule has 4 aliphatic rings. The molecule has 1 aromatic rings. The second-order valence-corrected chi connectivity index (χ2v) is 11.9. The molecule has 10 heteroatoms. The summed E-state index contributed by atoms with van der Waals surface area (Å²) in [6.07, 6.45) is -1.93. The molecule has 6 nitrogen and oxygen atoms in total. The van der Waals surface area contributed by atoms with E-state index in [9.17, 15) is 29.3 Å². The Morgan fingerprint density at radius 3 is 2.69 bits per heavy atom. The van der Waals surface area contributed by atoms with E-state index < -0.39 is 76.5 Å². The van der Waals surface area contributed by atoms with Crippen LogP contribution < -0.4 is 0 Å². The molecule has 5 rings (SSSR count). The molecule has 0 spiro atoms. The number of Topliss-reactive ketones (excluding diaryl/α,β-unsaturated/α-hetero) is 1. The molecule has 0 aliphatic heterocycles. The first-order valence-electron chi connectivity index (χ1n) is 12.0. The molecule has 7 unspecified atom stereocenters. The Morgan fingerprint density at radius 2 is 2.06 bits per heavy atom. The first kappa shape index (κ1) is 25.8. The molecule has 36 heavy (non-hydrogen) atoms. The van der Waals surface area contributed by atoms with Crippen LogP contribution in [0.3, 0.4) is 0 Å². The van der Waals surface area contributed by atoms with Gasteiger partial charge in [0, 0.05) is 16.7 Å². The summed E-state index contributed by atoms with van der Waals surface area (Å²) in [5.74, 6) is -3.65. The molecule has 9 atom stereocenters. The zero-order chi connectivity index (χ0) is 26.3. The van der Waals surface area contributed by atoms with Gasteiger partial charge in [-0.25, -0.2) is 13.2 Å². The van der Waals surface area contributed by atoms with Gasteiger partial charge < -0.3 is 20.1 Å². The number of allylic oxidation sites excluding steroid dienone is 4. The number of fused-ring (bicyclic) bond motifs is 5. The molecule has 0 aromatic carbocycles. The minimum Gasteiger partial charge on any atom is -0.390 e. The van der Waals surface area contributed by atoms with E-state index in [1.807, 2.05) is 0 Å². The molecule has 0 radical (unpaired) electrons. The van der Waals surface area contributed by atoms with Crippen molar-refractivity contribution in [2.24, 2.45) is 22.7 Å². The molecule has 3 fully saturated rings. The third kappa shape index (κ3) is 3.11. The van der Waals surface area contributed by atoms with Gasteiger partial charge in [-0.3, -0.25) is 9.59 Å². The van der Waals surface area contributed by atoms with E-state index in [0.29, 0.717) is 0 Å². The van der Waals surface area contributed by atoms with Gasteiger partial charge in [-0.15, -0.1) is 11.3 Å². The largest absolute Gasteiger partial charge is 0.390 e. The third-order valence-electron chi connectivity index (χ3n) is 9.52. The van der Waals surface area contributed by atoms with Crippen LogP contribution >= 0.6 is 11.3 Å². The first-order chi connectivity index (χ1) is 16.9. The van der Waals surface area contributed by atoms with Gasteiger partial charge in [-0.1, -0.05) is 13.0 Å². The fourth-order valence-electron chi connectivity index (χ4n) is 7.76. The summed E-state index contributed by atoms with van der Waals surface area (Å²) >= 11 is 0.894. The van der Waals surface area contributed by atoms with Crippen molar-refractivity contribution in [1.29, 1.82) is 0 Å². The maximum atomic E-state index is 17.2. The summed E-state index contributed by atoms with van der Waals surface area (Å²) in [5, 5.41) is 33.4. The Balaban J connectivity index is 1.59. The number of ketones is 2. The van der Waals surface area contributed by atoms with Crippen LogP contribution in [0.2, 0.25) is 0 Å². The number of carbonyl (C=O) groups is 2. The number of rotatable bonds is 5. The van der Waals surface area contributed by atoms with Crippen LogP contribution in [0.25, 0.3) is 0 Å². The van der Waals surface area contributed by atoms with E-state index in [1.54, 1.807) is 6.92 Å². The Morgan fingerprint density at radius 1 is 1.33 bits per heavy atom. The Labute approximate surface area is 210 Å². The van der Waals surface area contributed by atoms with Gasteiger partial charge in [0.05, 0.1) is 11.0 Å². The minimum absolute atomic E-state index is 0.00746. The van der Waals surface area contributed by atoms with Gasteiger partial charge in [0.2, 0.25) is 0 Å². The first-order valence-corrected chi connectivity index (χ1v) is 12.9. The van der Waals surface area contributed by atoms with Crippen LogP contribution in [0, 0.1) is 28.5 Å². The summed E-state index contributed by atoms with van der Waals surface area (Å²) in [5.41, 5.74) is -7.07. The predicted molar refractivity (Wildman–Crippen MR) is 124 cm³/mol. The SMILES string of the molecule is CC12CC(O)[C@@]3(F)C(C[C@H](F)C4=CC(=O)C=CC43C)C1CCC2(OC(O)c1sccc1F)C(=O)CO. The normalized spacial score (nSPS) is 44.4. The van der Waals surface area contributed by atoms with Gasteiger partial charge in [-0.05, 0) is 67.7 Å². The van der Waals surface area contributed by atoms with E-state index in [1.165, 1.54) is 24.5 Å². The number of ether oxygens (including phenoxy) is 1. The number of aliphatic hydroxyl groups excluding tert-OH is 3. The minimum atomic E-state index is -2.33. The number of aliphatic hydroxyl groups is 3. The lowest BCUT2D eigenvalue weighted by molar-refractivity contribution is -0.260. The molecule has 0 amide bonds. The molecule has 196 valence electrons. The van der Waals surface area contributed by atoms with E-state index >= 15 is 8.78 Å². The zero-order valence-corrected chi connectivity index (χ0v) is 20.7. The van der Waals surface area contributed by atoms with Crippen molar-refractivity contribution >= 4 is 22.9 Å². The number of thiophene rings is 1. The van der Waals surface area contributed by atoms with Crippen molar-refractivity contribution in [3.05, 3.63) is 45.9 Å². The second kappa shape index (κ2) is 8.33. The van der Waals surface area contributed by atoms with Crippen LogP contribution in [0.4, 0.5) is 13.2 Å². The van der Waals surface area contributed by atoms with Crippen molar-refractivity contribution in [3.8, 4) is 0 Å². The Kier molecular flexibility index (Phi) is 5.96. The lowest BCUT2D eigenvalue weighted by Crippen LogP contribution is -2.70. The lowest BCUT2D eigenvalue weighted by atomic mass is 9.44. The van der Waals surface area contributed by atoms with Gasteiger partial charge in [0.25, 0.3) is 0 Å². The molecular formula is C26H29F3O6S. The fourth-order valence-corrected chi connectivity index (χ4v) is 8.44. The molecule has 0 saturated heterocycles. The Hall–Kier alpha value is -1.85. The maximum absolute atomic E-state index is 17.2. The van der Waals surface area contributed by atoms with Crippen molar-refractivity contribution in [1.82, 2.24) is 0 Å². The maximum Gasteiger partial charge on any atom is 0.194 e. The van der Waals surface area contributed by atoms with Gasteiger partial charge in [-0.2, -0.15) is 0 Å². The summed E-state index contributed by atoms with van der Waals surface area (Å²) in [6, 6.07) is 1.14. The van der Waals surface area contributed by atoms with Crippen LogP contribution in [-0.2, 0) is 14.3 Å². The molecule has 1 aromatic heterocycles. The van der Waals surface area contributed by atoms with E-state index in [0.717, 1.165) is 23.5 Å². The van der Waals surface area contributed by atoms with E-state index in [4.69, 9.17) is 4.74 Å². The molecule has 1 heterocycles. The monoisotopic (exact) mass is 526 g/mol. The molecule has 4 aliphatic carbocycles. The van der Waals surface area contributed by atoms with Gasteiger partial charge in [0.1, 0.15) is 24.2 Å². The van der Waals surface area contributed by atoms with Crippen molar-refractivity contribution < 1.29 is 42.8 Å². The van der Waals surface area contributed by atoms with E-state index in [-0.39, 0.29) is 36.1 Å². The van der Waals surface area contributed by atoms with Crippen molar-refractivity contribution in [2.45, 2.75) is 69.4 Å². The average Bonchev–Trinajstić information content (AvgIpc) is 3.38. The number of halogens is 3. The average molecular weight is 527 g/mol. The third-order valence-corrected chi connectivity index (χ3v) is 10.4. The van der Waals surface area contributed by atoms with Crippen LogP contribution in [0.5, 0.6) is 0 Å². The molecule has 0 bridgehead atoms. The zero-order valence-electron chi connectivity index (χ0n) is 19.9. The molecule has 3 saturated carbocycles.